The smallest absolute Gasteiger partial charge is 0.203 e. The predicted octanol–water partition coefficient (Wildman–Crippen LogP) is 4.75. The molecule has 0 saturated heterocycles. The summed E-state index contributed by atoms with van der Waals surface area (Å²) in [5.74, 6) is 0.879. The first-order chi connectivity index (χ1) is 14.0. The minimum Gasteiger partial charge on any atom is -0.505 e. The number of aromatic nitrogens is 2. The van der Waals surface area contributed by atoms with E-state index in [-0.39, 0.29) is 17.4 Å². The first-order valence-corrected chi connectivity index (χ1v) is 9.69. The summed E-state index contributed by atoms with van der Waals surface area (Å²) >= 11 is 0. The second-order valence-corrected chi connectivity index (χ2v) is 7.76. The standard InChI is InChI=1S/C23H21FN2O3/c1-29-22-17-9-15(8-13-4-6-16(24)7-5-13)10-25-20(17)21(27)19-18(22)12-26(23(19)28)11-14-2-3-14/h4-7,9-10,12,14,27-28H,2-3,8,11H2,1H3. The van der Waals surface area contributed by atoms with Gasteiger partial charge < -0.3 is 19.5 Å². The second-order valence-electron chi connectivity index (χ2n) is 7.76. The van der Waals surface area contributed by atoms with Gasteiger partial charge in [-0.3, -0.25) is 4.98 Å². The SMILES string of the molecule is COc1c2cc(Cc3ccc(F)cc3)cnc2c(O)c2c(O)n(CC3CC3)cc12. The number of pyridine rings is 1. The molecule has 0 spiro atoms. The number of aromatic hydroxyl groups is 2. The van der Waals surface area contributed by atoms with Crippen LogP contribution in [0.4, 0.5) is 4.39 Å². The van der Waals surface area contributed by atoms with Gasteiger partial charge in [-0.2, -0.15) is 0 Å². The van der Waals surface area contributed by atoms with Crippen LogP contribution in [-0.4, -0.2) is 26.9 Å². The van der Waals surface area contributed by atoms with Gasteiger partial charge in [0.15, 0.2) is 5.75 Å². The Morgan fingerprint density at radius 1 is 1.14 bits per heavy atom. The predicted molar refractivity (Wildman–Crippen MR) is 109 cm³/mol. The van der Waals surface area contributed by atoms with Crippen LogP contribution < -0.4 is 4.74 Å². The van der Waals surface area contributed by atoms with Crippen molar-refractivity contribution in [3.8, 4) is 17.4 Å². The number of benzene rings is 2. The number of phenols is 1. The average molecular weight is 392 g/mol. The summed E-state index contributed by atoms with van der Waals surface area (Å²) in [5, 5.41) is 23.3. The van der Waals surface area contributed by atoms with Gasteiger partial charge in [-0.15, -0.1) is 0 Å². The van der Waals surface area contributed by atoms with Crippen LogP contribution in [0.25, 0.3) is 21.7 Å². The first-order valence-electron chi connectivity index (χ1n) is 9.69. The molecule has 0 amide bonds. The van der Waals surface area contributed by atoms with Crippen molar-refractivity contribution in [1.82, 2.24) is 9.55 Å². The van der Waals surface area contributed by atoms with Gasteiger partial charge >= 0.3 is 0 Å². The summed E-state index contributed by atoms with van der Waals surface area (Å²) < 4.78 is 20.6. The van der Waals surface area contributed by atoms with Crippen LogP contribution in [0.15, 0.2) is 42.7 Å². The number of fused-ring (bicyclic) bond motifs is 2. The number of methoxy groups -OCH3 is 1. The maximum Gasteiger partial charge on any atom is 0.203 e. The van der Waals surface area contributed by atoms with Crippen molar-refractivity contribution >= 4 is 21.7 Å². The highest BCUT2D eigenvalue weighted by molar-refractivity contribution is 6.11. The molecule has 6 heteroatoms. The number of halogens is 1. The molecule has 148 valence electrons. The fourth-order valence-electron chi connectivity index (χ4n) is 3.96. The number of nitrogens with zero attached hydrogens (tertiary/aromatic N) is 2. The van der Waals surface area contributed by atoms with Gasteiger partial charge in [-0.25, -0.2) is 4.39 Å². The lowest BCUT2D eigenvalue weighted by molar-refractivity contribution is 0.411. The lowest BCUT2D eigenvalue weighted by Gasteiger charge is -2.11. The summed E-state index contributed by atoms with van der Waals surface area (Å²) in [7, 11) is 1.58. The zero-order valence-electron chi connectivity index (χ0n) is 16.0. The number of hydrogen-bond donors (Lipinski definition) is 2. The van der Waals surface area contributed by atoms with E-state index in [1.54, 1.807) is 30.0 Å². The lowest BCUT2D eigenvalue weighted by atomic mass is 10.0. The number of hydrogen-bond acceptors (Lipinski definition) is 4. The van der Waals surface area contributed by atoms with Gasteiger partial charge in [0.2, 0.25) is 5.88 Å². The van der Waals surface area contributed by atoms with E-state index in [0.29, 0.717) is 39.8 Å². The number of rotatable bonds is 5. The van der Waals surface area contributed by atoms with Crippen LogP contribution in [0, 0.1) is 11.7 Å². The Morgan fingerprint density at radius 2 is 1.90 bits per heavy atom. The molecule has 0 unspecified atom stereocenters. The van der Waals surface area contributed by atoms with Crippen molar-refractivity contribution in [3.63, 3.8) is 0 Å². The molecule has 2 N–H and O–H groups in total. The van der Waals surface area contributed by atoms with E-state index in [4.69, 9.17) is 4.74 Å². The molecule has 0 aliphatic heterocycles. The van der Waals surface area contributed by atoms with Crippen molar-refractivity contribution in [1.29, 1.82) is 0 Å². The number of phenolic OH excluding ortho intramolecular Hbond substituents is 1. The first kappa shape index (κ1) is 17.8. The Morgan fingerprint density at radius 3 is 2.59 bits per heavy atom. The topological polar surface area (TPSA) is 67.5 Å². The molecule has 1 aliphatic rings. The molecular formula is C23H21FN2O3. The maximum absolute atomic E-state index is 13.2. The normalized spacial score (nSPS) is 14.0. The Bertz CT molecular complexity index is 1230. The van der Waals surface area contributed by atoms with Crippen LogP contribution in [-0.2, 0) is 13.0 Å². The maximum atomic E-state index is 13.2. The quantitative estimate of drug-likeness (QED) is 0.514. The highest BCUT2D eigenvalue weighted by atomic mass is 19.1. The van der Waals surface area contributed by atoms with Gasteiger partial charge in [-0.05, 0) is 54.5 Å². The van der Waals surface area contributed by atoms with E-state index in [2.05, 4.69) is 4.98 Å². The van der Waals surface area contributed by atoms with Gasteiger partial charge in [0.1, 0.15) is 17.1 Å². The minimum atomic E-state index is -0.269. The molecule has 5 rings (SSSR count). The lowest BCUT2D eigenvalue weighted by Crippen LogP contribution is -1.96. The summed E-state index contributed by atoms with van der Waals surface area (Å²) in [4.78, 5) is 4.45. The van der Waals surface area contributed by atoms with Crippen molar-refractivity contribution in [2.45, 2.75) is 25.8 Å². The molecule has 1 fully saturated rings. The molecule has 0 atom stereocenters. The molecule has 4 aromatic rings. The van der Waals surface area contributed by atoms with Crippen LogP contribution >= 0.6 is 0 Å². The second kappa shape index (κ2) is 6.65. The van der Waals surface area contributed by atoms with Crippen molar-refractivity contribution < 1.29 is 19.3 Å². The molecule has 0 bridgehead atoms. The minimum absolute atomic E-state index is 0.0433. The fraction of sp³-hybridized carbons (Fsp3) is 0.261. The van der Waals surface area contributed by atoms with Crippen LogP contribution in [0.2, 0.25) is 0 Å². The van der Waals surface area contributed by atoms with Crippen molar-refractivity contribution in [2.24, 2.45) is 5.92 Å². The van der Waals surface area contributed by atoms with Crippen LogP contribution in [0.3, 0.4) is 0 Å². The van der Waals surface area contributed by atoms with E-state index in [1.807, 2.05) is 12.3 Å². The summed E-state index contributed by atoms with van der Waals surface area (Å²) in [6, 6.07) is 8.29. The monoisotopic (exact) mass is 392 g/mol. The third kappa shape index (κ3) is 3.05. The van der Waals surface area contributed by atoms with E-state index in [1.165, 1.54) is 12.1 Å². The van der Waals surface area contributed by atoms with E-state index in [9.17, 15) is 14.6 Å². The highest BCUT2D eigenvalue weighted by Gasteiger charge is 2.26. The Balaban J connectivity index is 1.65. The molecular weight excluding hydrogens is 371 g/mol. The van der Waals surface area contributed by atoms with Crippen LogP contribution in [0.1, 0.15) is 24.0 Å². The van der Waals surface area contributed by atoms with Crippen LogP contribution in [0.5, 0.6) is 17.4 Å². The van der Waals surface area contributed by atoms with Gasteiger partial charge in [0.05, 0.1) is 12.5 Å². The third-order valence-electron chi connectivity index (χ3n) is 5.62. The molecule has 2 heterocycles. The summed E-state index contributed by atoms with van der Waals surface area (Å²) in [5.41, 5.74) is 2.27. The van der Waals surface area contributed by atoms with Crippen molar-refractivity contribution in [3.05, 3.63) is 59.7 Å². The van der Waals surface area contributed by atoms with Crippen molar-refractivity contribution in [2.75, 3.05) is 7.11 Å². The Labute approximate surface area is 167 Å². The molecule has 5 nitrogen and oxygen atoms in total. The average Bonchev–Trinajstić information content (AvgIpc) is 3.47. The highest BCUT2D eigenvalue weighted by Crippen LogP contribution is 2.47. The molecule has 1 saturated carbocycles. The van der Waals surface area contributed by atoms with Gasteiger partial charge in [0.25, 0.3) is 0 Å². The van der Waals surface area contributed by atoms with Gasteiger partial charge in [-0.1, -0.05) is 12.1 Å². The largest absolute Gasteiger partial charge is 0.505 e. The molecule has 29 heavy (non-hydrogen) atoms. The zero-order valence-corrected chi connectivity index (χ0v) is 16.0. The summed E-state index contributed by atoms with van der Waals surface area (Å²) in [6.07, 6.45) is 6.43. The third-order valence-corrected chi connectivity index (χ3v) is 5.62. The summed E-state index contributed by atoms with van der Waals surface area (Å²) in [6.45, 7) is 0.725. The van der Waals surface area contributed by atoms with E-state index in [0.717, 1.165) is 30.5 Å². The Kier molecular flexibility index (Phi) is 4.08. The molecule has 2 aromatic heterocycles. The molecule has 1 aliphatic carbocycles. The molecule has 0 radical (unpaired) electrons. The van der Waals surface area contributed by atoms with E-state index >= 15 is 0 Å². The Hall–Kier alpha value is -3.28. The van der Waals surface area contributed by atoms with E-state index < -0.39 is 0 Å². The number of ether oxygens (including phenoxy) is 1. The molecule has 2 aromatic carbocycles. The zero-order chi connectivity index (χ0) is 20.1. The fourth-order valence-corrected chi connectivity index (χ4v) is 3.96. The van der Waals surface area contributed by atoms with Gasteiger partial charge in [0, 0.05) is 29.7 Å².